The molecule has 2 aromatic carbocycles. The number of carbonyl (C=O) groups is 1. The topological polar surface area (TPSA) is 33.2 Å². The number of hydrogen-bond acceptors (Lipinski definition) is 2. The van der Waals surface area contributed by atoms with E-state index in [1.165, 1.54) is 6.20 Å². The maximum absolute atomic E-state index is 12.9. The molecule has 0 saturated carbocycles. The van der Waals surface area contributed by atoms with Crippen molar-refractivity contribution in [2.45, 2.75) is 6.92 Å². The predicted molar refractivity (Wildman–Crippen MR) is 95.6 cm³/mol. The van der Waals surface area contributed by atoms with Crippen molar-refractivity contribution in [3.05, 3.63) is 70.5 Å². The van der Waals surface area contributed by atoms with Gasteiger partial charge in [0.15, 0.2) is 0 Å². The minimum absolute atomic E-state index is 0.157. The lowest BCUT2D eigenvalue weighted by molar-refractivity contribution is 0.0988. The molecule has 0 aliphatic rings. The molecule has 0 atom stereocenters. The van der Waals surface area contributed by atoms with E-state index in [0.29, 0.717) is 12.1 Å². The van der Waals surface area contributed by atoms with Crippen molar-refractivity contribution in [3.63, 3.8) is 0 Å². The summed E-state index contributed by atoms with van der Waals surface area (Å²) in [7, 11) is 0. The van der Waals surface area contributed by atoms with E-state index < -0.39 is 0 Å². The Hall–Kier alpha value is -2.10. The van der Waals surface area contributed by atoms with E-state index in [1.54, 1.807) is 11.0 Å². The number of fused-ring (bicyclic) bond motifs is 1. The molecule has 0 radical (unpaired) electrons. The summed E-state index contributed by atoms with van der Waals surface area (Å²) >= 11 is 11.8. The highest BCUT2D eigenvalue weighted by atomic mass is 35.5. The van der Waals surface area contributed by atoms with Crippen molar-refractivity contribution in [2.24, 2.45) is 0 Å². The highest BCUT2D eigenvalue weighted by Gasteiger charge is 2.19. The summed E-state index contributed by atoms with van der Waals surface area (Å²) in [4.78, 5) is 18.5. The van der Waals surface area contributed by atoms with Gasteiger partial charge in [0.2, 0.25) is 0 Å². The van der Waals surface area contributed by atoms with Crippen molar-refractivity contribution in [1.82, 2.24) is 4.98 Å². The average Bonchev–Trinajstić information content (AvgIpc) is 2.58. The number of nitrogens with zero attached hydrogens (tertiary/aromatic N) is 2. The molecule has 3 nitrogen and oxygen atoms in total. The number of hydrogen-bond donors (Lipinski definition) is 0. The van der Waals surface area contributed by atoms with E-state index in [9.17, 15) is 4.79 Å². The lowest BCUT2D eigenvalue weighted by atomic mass is 10.1. The molecule has 0 N–H and O–H groups in total. The fourth-order valence-electron chi connectivity index (χ4n) is 2.56. The molecule has 23 heavy (non-hydrogen) atoms. The van der Waals surface area contributed by atoms with Gasteiger partial charge in [0, 0.05) is 18.1 Å². The molecule has 0 aliphatic carbocycles. The lowest BCUT2D eigenvalue weighted by Gasteiger charge is -2.23. The second-order valence-electron chi connectivity index (χ2n) is 5.04. The third-order valence-corrected chi connectivity index (χ3v) is 4.35. The zero-order chi connectivity index (χ0) is 16.4. The summed E-state index contributed by atoms with van der Waals surface area (Å²) in [5.74, 6) is -0.157. The monoisotopic (exact) mass is 344 g/mol. The van der Waals surface area contributed by atoms with Gasteiger partial charge >= 0.3 is 0 Å². The molecule has 0 spiro atoms. The van der Waals surface area contributed by atoms with E-state index >= 15 is 0 Å². The standard InChI is InChI=1S/C18H14Cl2N2O/c1-2-22(18(23)13-10-15(19)17(20)21-11-13)16-9-5-7-12-6-3-4-8-14(12)16/h3-11H,2H2,1H3. The van der Waals surface area contributed by atoms with Crippen LogP contribution in [0.2, 0.25) is 10.2 Å². The van der Waals surface area contributed by atoms with E-state index in [2.05, 4.69) is 4.98 Å². The minimum atomic E-state index is -0.157. The van der Waals surface area contributed by atoms with Gasteiger partial charge in [0.25, 0.3) is 5.91 Å². The van der Waals surface area contributed by atoms with Crippen LogP contribution < -0.4 is 4.90 Å². The summed E-state index contributed by atoms with van der Waals surface area (Å²) in [6.45, 7) is 2.47. The molecule has 0 saturated heterocycles. The number of benzene rings is 2. The van der Waals surface area contributed by atoms with Crippen molar-refractivity contribution in [1.29, 1.82) is 0 Å². The van der Waals surface area contributed by atoms with Crippen LogP contribution in [0.3, 0.4) is 0 Å². The highest BCUT2D eigenvalue weighted by Crippen LogP contribution is 2.28. The van der Waals surface area contributed by atoms with Gasteiger partial charge in [-0.25, -0.2) is 4.98 Å². The van der Waals surface area contributed by atoms with Crippen LogP contribution in [-0.2, 0) is 0 Å². The Morgan fingerprint density at radius 1 is 1.13 bits per heavy atom. The molecule has 0 fully saturated rings. The second kappa shape index (κ2) is 6.57. The van der Waals surface area contributed by atoms with E-state index in [0.717, 1.165) is 16.5 Å². The fourth-order valence-corrected chi connectivity index (χ4v) is 2.83. The number of pyridine rings is 1. The number of carbonyl (C=O) groups excluding carboxylic acids is 1. The molecule has 3 rings (SSSR count). The highest BCUT2D eigenvalue weighted by molar-refractivity contribution is 6.41. The summed E-state index contributed by atoms with van der Waals surface area (Å²) < 4.78 is 0. The van der Waals surface area contributed by atoms with E-state index in [1.807, 2.05) is 49.4 Å². The quantitative estimate of drug-likeness (QED) is 0.611. The smallest absolute Gasteiger partial charge is 0.259 e. The zero-order valence-electron chi connectivity index (χ0n) is 12.5. The minimum Gasteiger partial charge on any atom is -0.308 e. The van der Waals surface area contributed by atoms with Gasteiger partial charge < -0.3 is 4.90 Å². The molecule has 1 heterocycles. The van der Waals surface area contributed by atoms with Gasteiger partial charge in [0.05, 0.1) is 16.3 Å². The van der Waals surface area contributed by atoms with Crippen LogP contribution in [-0.4, -0.2) is 17.4 Å². The number of amides is 1. The summed E-state index contributed by atoms with van der Waals surface area (Å²) in [6, 6.07) is 15.4. The Bertz CT molecular complexity index is 875. The predicted octanol–water partition coefficient (Wildman–Crippen LogP) is 5.21. The third kappa shape index (κ3) is 3.03. The largest absolute Gasteiger partial charge is 0.308 e. The normalized spacial score (nSPS) is 10.7. The molecular weight excluding hydrogens is 331 g/mol. The number of aromatic nitrogens is 1. The maximum atomic E-state index is 12.9. The Balaban J connectivity index is 2.07. The molecular formula is C18H14Cl2N2O. The summed E-state index contributed by atoms with van der Waals surface area (Å²) in [5.41, 5.74) is 1.27. The van der Waals surface area contributed by atoms with Crippen LogP contribution in [0.5, 0.6) is 0 Å². The van der Waals surface area contributed by atoms with E-state index in [-0.39, 0.29) is 16.1 Å². The second-order valence-corrected chi connectivity index (χ2v) is 5.81. The van der Waals surface area contributed by atoms with Crippen LogP contribution in [0.25, 0.3) is 10.8 Å². The molecule has 0 bridgehead atoms. The van der Waals surface area contributed by atoms with Gasteiger partial charge in [-0.15, -0.1) is 0 Å². The molecule has 1 aromatic heterocycles. The van der Waals surface area contributed by atoms with E-state index in [4.69, 9.17) is 23.2 Å². The van der Waals surface area contributed by atoms with Gasteiger partial charge in [-0.05, 0) is 24.4 Å². The van der Waals surface area contributed by atoms with Crippen molar-refractivity contribution < 1.29 is 4.79 Å². The van der Waals surface area contributed by atoms with Crippen molar-refractivity contribution in [2.75, 3.05) is 11.4 Å². The van der Waals surface area contributed by atoms with Gasteiger partial charge in [-0.1, -0.05) is 59.6 Å². The lowest BCUT2D eigenvalue weighted by Crippen LogP contribution is -2.30. The first kappa shape index (κ1) is 15.8. The third-order valence-electron chi connectivity index (χ3n) is 3.66. The Morgan fingerprint density at radius 3 is 2.61 bits per heavy atom. The van der Waals surface area contributed by atoms with Crippen LogP contribution >= 0.6 is 23.2 Å². The first-order valence-electron chi connectivity index (χ1n) is 7.22. The van der Waals surface area contributed by atoms with Crippen molar-refractivity contribution >= 4 is 45.6 Å². The van der Waals surface area contributed by atoms with Gasteiger partial charge in [-0.2, -0.15) is 0 Å². The Labute approximate surface area is 144 Å². The van der Waals surface area contributed by atoms with Gasteiger partial charge in [0.1, 0.15) is 5.15 Å². The maximum Gasteiger partial charge on any atom is 0.259 e. The number of anilines is 1. The average molecular weight is 345 g/mol. The van der Waals surface area contributed by atoms with Gasteiger partial charge in [-0.3, -0.25) is 4.79 Å². The fraction of sp³-hybridized carbons (Fsp3) is 0.111. The SMILES string of the molecule is CCN(C(=O)c1cnc(Cl)c(Cl)c1)c1cccc2ccccc12. The van der Waals surface area contributed by atoms with Crippen LogP contribution in [0.4, 0.5) is 5.69 Å². The Kier molecular flexibility index (Phi) is 4.51. The summed E-state index contributed by atoms with van der Waals surface area (Å²) in [6.07, 6.45) is 1.45. The number of rotatable bonds is 3. The van der Waals surface area contributed by atoms with Crippen LogP contribution in [0.1, 0.15) is 17.3 Å². The number of halogens is 2. The summed E-state index contributed by atoms with van der Waals surface area (Å²) in [5, 5.41) is 2.57. The van der Waals surface area contributed by atoms with Crippen molar-refractivity contribution in [3.8, 4) is 0 Å². The first-order chi connectivity index (χ1) is 11.1. The van der Waals surface area contributed by atoms with Crippen LogP contribution in [0, 0.1) is 0 Å². The molecule has 5 heteroatoms. The molecule has 1 amide bonds. The first-order valence-corrected chi connectivity index (χ1v) is 7.98. The molecule has 116 valence electrons. The molecule has 0 aliphatic heterocycles. The molecule has 0 unspecified atom stereocenters. The van der Waals surface area contributed by atoms with Crippen LogP contribution in [0.15, 0.2) is 54.7 Å². The Morgan fingerprint density at radius 2 is 1.87 bits per heavy atom. The zero-order valence-corrected chi connectivity index (χ0v) is 14.0. The molecule has 3 aromatic rings.